The summed E-state index contributed by atoms with van der Waals surface area (Å²) in [4.78, 5) is 0. The molecule has 0 saturated carbocycles. The molecular weight excluding hydrogens is 246 g/mol. The van der Waals surface area contributed by atoms with Crippen LogP contribution in [0.2, 0.25) is 0 Å². The van der Waals surface area contributed by atoms with E-state index in [4.69, 9.17) is 24.7 Å². The number of hydrogen-bond donors (Lipinski definition) is 1. The number of benzene rings is 1. The molecule has 1 heterocycles. The summed E-state index contributed by atoms with van der Waals surface area (Å²) in [5, 5.41) is 0. The monoisotopic (exact) mass is 267 g/mol. The van der Waals surface area contributed by atoms with E-state index in [1.165, 1.54) is 0 Å². The third kappa shape index (κ3) is 2.62. The van der Waals surface area contributed by atoms with Crippen molar-refractivity contribution in [2.45, 2.75) is 5.92 Å². The Morgan fingerprint density at radius 2 is 1.68 bits per heavy atom. The van der Waals surface area contributed by atoms with Gasteiger partial charge in [-0.2, -0.15) is 0 Å². The molecule has 0 aliphatic carbocycles. The van der Waals surface area contributed by atoms with Crippen molar-refractivity contribution < 1.29 is 18.9 Å². The summed E-state index contributed by atoms with van der Waals surface area (Å²) >= 11 is 0. The van der Waals surface area contributed by atoms with E-state index in [1.807, 2.05) is 12.1 Å². The third-order valence-electron chi connectivity index (χ3n) is 3.62. The van der Waals surface area contributed by atoms with Crippen molar-refractivity contribution in [3.63, 3.8) is 0 Å². The SMILES string of the molecule is COc1cc(OC)c(C(CN)C2COC2)cc1OC. The molecule has 5 heteroatoms. The zero-order chi connectivity index (χ0) is 13.8. The molecule has 1 fully saturated rings. The van der Waals surface area contributed by atoms with E-state index in [1.54, 1.807) is 21.3 Å². The largest absolute Gasteiger partial charge is 0.496 e. The summed E-state index contributed by atoms with van der Waals surface area (Å²) in [6, 6.07) is 3.80. The van der Waals surface area contributed by atoms with Gasteiger partial charge in [-0.3, -0.25) is 0 Å². The van der Waals surface area contributed by atoms with Crippen LogP contribution >= 0.6 is 0 Å². The number of ether oxygens (including phenoxy) is 4. The topological polar surface area (TPSA) is 62.9 Å². The molecule has 19 heavy (non-hydrogen) atoms. The maximum absolute atomic E-state index is 5.92. The summed E-state index contributed by atoms with van der Waals surface area (Å²) < 4.78 is 21.4. The van der Waals surface area contributed by atoms with Gasteiger partial charge < -0.3 is 24.7 Å². The summed E-state index contributed by atoms with van der Waals surface area (Å²) in [7, 11) is 4.88. The standard InChI is InChI=1S/C14H21NO4/c1-16-12-5-14(18-3)13(17-2)4-10(12)11(6-15)9-7-19-8-9/h4-5,9,11H,6-8,15H2,1-3H3. The molecule has 106 valence electrons. The predicted octanol–water partition coefficient (Wildman–Crippen LogP) is 1.40. The van der Waals surface area contributed by atoms with Gasteiger partial charge in [0.2, 0.25) is 0 Å². The van der Waals surface area contributed by atoms with Crippen molar-refractivity contribution in [1.29, 1.82) is 0 Å². The minimum Gasteiger partial charge on any atom is -0.496 e. The van der Waals surface area contributed by atoms with Crippen molar-refractivity contribution in [2.24, 2.45) is 11.7 Å². The van der Waals surface area contributed by atoms with Gasteiger partial charge in [0.05, 0.1) is 34.5 Å². The molecular formula is C14H21NO4. The summed E-state index contributed by atoms with van der Waals surface area (Å²) in [5.41, 5.74) is 6.97. The van der Waals surface area contributed by atoms with Crippen LogP contribution in [-0.4, -0.2) is 41.1 Å². The van der Waals surface area contributed by atoms with E-state index in [0.717, 1.165) is 24.5 Å². The Bertz CT molecular complexity index is 432. The average molecular weight is 267 g/mol. The fraction of sp³-hybridized carbons (Fsp3) is 0.571. The van der Waals surface area contributed by atoms with Crippen LogP contribution in [0, 0.1) is 5.92 Å². The highest BCUT2D eigenvalue weighted by atomic mass is 16.5. The van der Waals surface area contributed by atoms with Crippen LogP contribution in [0.3, 0.4) is 0 Å². The van der Waals surface area contributed by atoms with E-state index in [0.29, 0.717) is 24.0 Å². The van der Waals surface area contributed by atoms with E-state index in [9.17, 15) is 0 Å². The first-order valence-corrected chi connectivity index (χ1v) is 6.32. The maximum atomic E-state index is 5.92. The molecule has 5 nitrogen and oxygen atoms in total. The van der Waals surface area contributed by atoms with Gasteiger partial charge in [-0.15, -0.1) is 0 Å². The third-order valence-corrected chi connectivity index (χ3v) is 3.62. The smallest absolute Gasteiger partial charge is 0.164 e. The predicted molar refractivity (Wildman–Crippen MR) is 72.2 cm³/mol. The van der Waals surface area contributed by atoms with Gasteiger partial charge in [-0.1, -0.05) is 0 Å². The minimum atomic E-state index is 0.212. The lowest BCUT2D eigenvalue weighted by Gasteiger charge is -2.34. The van der Waals surface area contributed by atoms with Gasteiger partial charge in [0.15, 0.2) is 11.5 Å². The second-order valence-corrected chi connectivity index (χ2v) is 4.59. The van der Waals surface area contributed by atoms with Crippen LogP contribution in [0.15, 0.2) is 12.1 Å². The molecule has 1 aromatic rings. The van der Waals surface area contributed by atoms with Crippen LogP contribution < -0.4 is 19.9 Å². The quantitative estimate of drug-likeness (QED) is 0.844. The van der Waals surface area contributed by atoms with Crippen LogP contribution in [0.25, 0.3) is 0 Å². The van der Waals surface area contributed by atoms with Crippen molar-refractivity contribution in [2.75, 3.05) is 41.1 Å². The molecule has 2 N–H and O–H groups in total. The first-order chi connectivity index (χ1) is 9.24. The fourth-order valence-electron chi connectivity index (χ4n) is 2.40. The van der Waals surface area contributed by atoms with Crippen molar-refractivity contribution in [3.05, 3.63) is 17.7 Å². The Hall–Kier alpha value is -1.46. The van der Waals surface area contributed by atoms with Crippen LogP contribution in [-0.2, 0) is 4.74 Å². The highest BCUT2D eigenvalue weighted by Crippen LogP contribution is 2.41. The van der Waals surface area contributed by atoms with Gasteiger partial charge >= 0.3 is 0 Å². The van der Waals surface area contributed by atoms with Crippen molar-refractivity contribution >= 4 is 0 Å². The second kappa shape index (κ2) is 6.12. The zero-order valence-electron chi connectivity index (χ0n) is 11.6. The molecule has 0 aromatic heterocycles. The molecule has 1 saturated heterocycles. The van der Waals surface area contributed by atoms with Crippen LogP contribution in [0.5, 0.6) is 17.2 Å². The van der Waals surface area contributed by atoms with E-state index < -0.39 is 0 Å². The number of hydrogen-bond acceptors (Lipinski definition) is 5. The van der Waals surface area contributed by atoms with E-state index in [2.05, 4.69) is 0 Å². The highest BCUT2D eigenvalue weighted by Gasteiger charge is 2.31. The van der Waals surface area contributed by atoms with Crippen LogP contribution in [0.1, 0.15) is 11.5 Å². The molecule has 1 aliphatic heterocycles. The lowest BCUT2D eigenvalue weighted by atomic mass is 9.84. The molecule has 0 radical (unpaired) electrons. The fourth-order valence-corrected chi connectivity index (χ4v) is 2.40. The molecule has 0 spiro atoms. The second-order valence-electron chi connectivity index (χ2n) is 4.59. The van der Waals surface area contributed by atoms with E-state index in [-0.39, 0.29) is 5.92 Å². The Balaban J connectivity index is 2.41. The minimum absolute atomic E-state index is 0.212. The van der Waals surface area contributed by atoms with Crippen LogP contribution in [0.4, 0.5) is 0 Å². The van der Waals surface area contributed by atoms with Crippen molar-refractivity contribution in [3.8, 4) is 17.2 Å². The van der Waals surface area contributed by atoms with E-state index >= 15 is 0 Å². The first-order valence-electron chi connectivity index (χ1n) is 6.32. The van der Waals surface area contributed by atoms with Gasteiger partial charge in [0, 0.05) is 23.5 Å². The molecule has 0 bridgehead atoms. The lowest BCUT2D eigenvalue weighted by Crippen LogP contribution is -2.36. The Morgan fingerprint density at radius 1 is 1.11 bits per heavy atom. The number of nitrogens with two attached hydrogens (primary N) is 1. The normalized spacial score (nSPS) is 16.6. The summed E-state index contributed by atoms with van der Waals surface area (Å²) in [6.07, 6.45) is 0. The van der Waals surface area contributed by atoms with Crippen molar-refractivity contribution in [1.82, 2.24) is 0 Å². The number of rotatable bonds is 6. The maximum Gasteiger partial charge on any atom is 0.164 e. The zero-order valence-corrected chi connectivity index (χ0v) is 11.6. The van der Waals surface area contributed by atoms with Gasteiger partial charge in [-0.25, -0.2) is 0 Å². The Morgan fingerprint density at radius 3 is 2.11 bits per heavy atom. The summed E-state index contributed by atoms with van der Waals surface area (Å²) in [5.74, 6) is 2.78. The lowest BCUT2D eigenvalue weighted by molar-refractivity contribution is -0.0439. The highest BCUT2D eigenvalue weighted by molar-refractivity contribution is 5.52. The van der Waals surface area contributed by atoms with Gasteiger partial charge in [0.25, 0.3) is 0 Å². The Kier molecular flexibility index (Phi) is 4.50. The van der Waals surface area contributed by atoms with Gasteiger partial charge in [0.1, 0.15) is 5.75 Å². The number of methoxy groups -OCH3 is 3. The Labute approximate surface area is 113 Å². The average Bonchev–Trinajstić information content (AvgIpc) is 2.40. The molecule has 1 unspecified atom stereocenters. The first kappa shape index (κ1) is 14.0. The molecule has 1 atom stereocenters. The molecule has 2 rings (SSSR count). The molecule has 0 amide bonds. The molecule has 1 aromatic carbocycles. The summed E-state index contributed by atoms with van der Waals surface area (Å²) in [6.45, 7) is 2.05. The van der Waals surface area contributed by atoms with Gasteiger partial charge in [-0.05, 0) is 12.6 Å². The molecule has 1 aliphatic rings.